The molecule has 1 nitrogen and oxygen atoms in total. The van der Waals surface area contributed by atoms with Gasteiger partial charge in [0.05, 0.1) is 10.4 Å². The molecule has 4 heteroatoms. The molecule has 1 unspecified atom stereocenters. The van der Waals surface area contributed by atoms with Gasteiger partial charge in [0.25, 0.3) is 0 Å². The lowest BCUT2D eigenvalue weighted by molar-refractivity contribution is 0.712. The molecule has 86 valence electrons. The van der Waals surface area contributed by atoms with Crippen molar-refractivity contribution in [1.29, 1.82) is 0 Å². The molecule has 16 heavy (non-hydrogen) atoms. The first-order valence-electron chi connectivity index (χ1n) is 5.11. The Morgan fingerprint density at radius 1 is 1.25 bits per heavy atom. The molecular weight excluding hydrogens is 258 g/mol. The average molecular weight is 272 g/mol. The molecule has 0 spiro atoms. The molecule has 0 saturated carbocycles. The summed E-state index contributed by atoms with van der Waals surface area (Å²) in [5.41, 5.74) is 1.35. The van der Waals surface area contributed by atoms with Gasteiger partial charge in [-0.3, -0.25) is 0 Å². The van der Waals surface area contributed by atoms with E-state index in [4.69, 9.17) is 11.6 Å². The van der Waals surface area contributed by atoms with Crippen LogP contribution in [0.3, 0.4) is 0 Å². The van der Waals surface area contributed by atoms with Crippen LogP contribution in [0.25, 0.3) is 0 Å². The number of aryl methyl sites for hydroxylation is 2. The highest BCUT2D eigenvalue weighted by Crippen LogP contribution is 2.35. The van der Waals surface area contributed by atoms with Crippen LogP contribution in [-0.2, 0) is 0 Å². The van der Waals surface area contributed by atoms with Gasteiger partial charge in [0.2, 0.25) is 0 Å². The Morgan fingerprint density at radius 3 is 2.44 bits per heavy atom. The van der Waals surface area contributed by atoms with Crippen LogP contribution in [-0.4, -0.2) is 7.05 Å². The predicted octanol–water partition coefficient (Wildman–Crippen LogP) is 4.39. The lowest BCUT2D eigenvalue weighted by Crippen LogP contribution is -2.15. The Kier molecular flexibility index (Phi) is 3.70. The van der Waals surface area contributed by atoms with Gasteiger partial charge in [0, 0.05) is 14.6 Å². The highest BCUT2D eigenvalue weighted by molar-refractivity contribution is 7.16. The Morgan fingerprint density at radius 2 is 2.00 bits per heavy atom. The van der Waals surface area contributed by atoms with Gasteiger partial charge in [-0.15, -0.1) is 22.7 Å². The Balaban J connectivity index is 2.40. The molecule has 2 aromatic rings. The van der Waals surface area contributed by atoms with E-state index in [0.29, 0.717) is 0 Å². The number of hydrogen-bond acceptors (Lipinski definition) is 3. The normalized spacial score (nSPS) is 13.0. The van der Waals surface area contributed by atoms with Gasteiger partial charge in [-0.05, 0) is 44.7 Å². The molecule has 0 aromatic carbocycles. The van der Waals surface area contributed by atoms with Crippen LogP contribution in [0.1, 0.15) is 26.2 Å². The fraction of sp³-hybridized carbons (Fsp3) is 0.333. The van der Waals surface area contributed by atoms with Crippen LogP contribution < -0.4 is 5.32 Å². The topological polar surface area (TPSA) is 12.0 Å². The van der Waals surface area contributed by atoms with Crippen LogP contribution >= 0.6 is 34.3 Å². The van der Waals surface area contributed by atoms with E-state index in [-0.39, 0.29) is 6.04 Å². The number of rotatable bonds is 3. The minimum Gasteiger partial charge on any atom is -0.308 e. The SMILES string of the molecule is CNC(c1ccc(Cl)s1)c1sc(C)cc1C. The summed E-state index contributed by atoms with van der Waals surface area (Å²) >= 11 is 9.48. The lowest BCUT2D eigenvalue weighted by Gasteiger charge is -2.13. The molecule has 0 saturated heterocycles. The Bertz CT molecular complexity index is 487. The first kappa shape index (κ1) is 12.1. The van der Waals surface area contributed by atoms with E-state index in [1.165, 1.54) is 20.2 Å². The molecule has 2 aromatic heterocycles. The fourth-order valence-electron chi connectivity index (χ4n) is 1.83. The maximum atomic E-state index is 5.99. The number of thiophene rings is 2. The van der Waals surface area contributed by atoms with E-state index in [1.807, 2.05) is 24.5 Å². The third-order valence-corrected chi connectivity index (χ3v) is 5.02. The molecule has 1 N–H and O–H groups in total. The molecule has 0 bridgehead atoms. The van der Waals surface area contributed by atoms with E-state index in [0.717, 1.165) is 4.34 Å². The second kappa shape index (κ2) is 4.88. The van der Waals surface area contributed by atoms with Crippen LogP contribution in [0.2, 0.25) is 4.34 Å². The minimum absolute atomic E-state index is 0.274. The zero-order chi connectivity index (χ0) is 11.7. The van der Waals surface area contributed by atoms with Crippen molar-refractivity contribution in [3.05, 3.63) is 42.7 Å². The first-order chi connectivity index (χ1) is 7.61. The van der Waals surface area contributed by atoms with Gasteiger partial charge >= 0.3 is 0 Å². The predicted molar refractivity (Wildman–Crippen MR) is 74.0 cm³/mol. The maximum absolute atomic E-state index is 5.99. The fourth-order valence-corrected chi connectivity index (χ4v) is 4.25. The Hall–Kier alpha value is -0.350. The van der Waals surface area contributed by atoms with Crippen LogP contribution in [0, 0.1) is 13.8 Å². The first-order valence-corrected chi connectivity index (χ1v) is 7.12. The highest BCUT2D eigenvalue weighted by atomic mass is 35.5. The monoisotopic (exact) mass is 271 g/mol. The molecule has 0 aliphatic heterocycles. The van der Waals surface area contributed by atoms with Crippen molar-refractivity contribution < 1.29 is 0 Å². The molecule has 2 heterocycles. The van der Waals surface area contributed by atoms with E-state index < -0.39 is 0 Å². The van der Waals surface area contributed by atoms with Gasteiger partial charge < -0.3 is 5.32 Å². The van der Waals surface area contributed by atoms with E-state index in [9.17, 15) is 0 Å². The molecular formula is C12H14ClNS2. The molecule has 1 atom stereocenters. The van der Waals surface area contributed by atoms with Crippen LogP contribution in [0.5, 0.6) is 0 Å². The number of halogens is 1. The smallest absolute Gasteiger partial charge is 0.0931 e. The third kappa shape index (κ3) is 2.33. The lowest BCUT2D eigenvalue weighted by atomic mass is 10.1. The van der Waals surface area contributed by atoms with Crippen LogP contribution in [0.4, 0.5) is 0 Å². The summed E-state index contributed by atoms with van der Waals surface area (Å²) in [6, 6.07) is 6.57. The van der Waals surface area contributed by atoms with Crippen molar-refractivity contribution in [2.24, 2.45) is 0 Å². The van der Waals surface area contributed by atoms with Crippen molar-refractivity contribution in [1.82, 2.24) is 5.32 Å². The molecule has 0 radical (unpaired) electrons. The largest absolute Gasteiger partial charge is 0.308 e. The molecule has 0 fully saturated rings. The average Bonchev–Trinajstić information content (AvgIpc) is 2.76. The van der Waals surface area contributed by atoms with Gasteiger partial charge in [0.1, 0.15) is 0 Å². The number of hydrogen-bond donors (Lipinski definition) is 1. The summed E-state index contributed by atoms with van der Waals surface area (Å²) in [6.45, 7) is 4.31. The summed E-state index contributed by atoms with van der Waals surface area (Å²) in [5.74, 6) is 0. The van der Waals surface area contributed by atoms with Crippen molar-refractivity contribution >= 4 is 34.3 Å². The second-order valence-electron chi connectivity index (χ2n) is 3.77. The van der Waals surface area contributed by atoms with Crippen molar-refractivity contribution in [2.45, 2.75) is 19.9 Å². The van der Waals surface area contributed by atoms with Gasteiger partial charge in [-0.2, -0.15) is 0 Å². The van der Waals surface area contributed by atoms with Crippen LogP contribution in [0.15, 0.2) is 18.2 Å². The maximum Gasteiger partial charge on any atom is 0.0931 e. The molecule has 0 amide bonds. The van der Waals surface area contributed by atoms with E-state index >= 15 is 0 Å². The van der Waals surface area contributed by atoms with Crippen molar-refractivity contribution in [3.8, 4) is 0 Å². The van der Waals surface area contributed by atoms with Gasteiger partial charge in [-0.1, -0.05) is 11.6 Å². The van der Waals surface area contributed by atoms with Gasteiger partial charge in [0.15, 0.2) is 0 Å². The molecule has 0 aliphatic carbocycles. The highest BCUT2D eigenvalue weighted by Gasteiger charge is 2.18. The summed E-state index contributed by atoms with van der Waals surface area (Å²) in [4.78, 5) is 4.02. The molecule has 2 rings (SSSR count). The molecule has 0 aliphatic rings. The summed E-state index contributed by atoms with van der Waals surface area (Å²) in [7, 11) is 1.99. The standard InChI is InChI=1S/C12H14ClNS2/c1-7-6-8(2)15-12(7)11(14-3)9-4-5-10(13)16-9/h4-6,11,14H,1-3H3. The second-order valence-corrected chi connectivity index (χ2v) is 6.80. The van der Waals surface area contributed by atoms with E-state index in [1.54, 1.807) is 11.3 Å². The summed E-state index contributed by atoms with van der Waals surface area (Å²) in [6.07, 6.45) is 0. The zero-order valence-electron chi connectivity index (χ0n) is 9.50. The summed E-state index contributed by atoms with van der Waals surface area (Å²) < 4.78 is 0.848. The third-order valence-electron chi connectivity index (χ3n) is 2.51. The Labute approximate surface area is 109 Å². The number of nitrogens with one attached hydrogen (secondary N) is 1. The summed E-state index contributed by atoms with van der Waals surface area (Å²) in [5, 5.41) is 3.36. The quantitative estimate of drug-likeness (QED) is 0.873. The zero-order valence-corrected chi connectivity index (χ0v) is 11.9. The minimum atomic E-state index is 0.274. The van der Waals surface area contributed by atoms with Crippen molar-refractivity contribution in [2.75, 3.05) is 7.05 Å². The van der Waals surface area contributed by atoms with Gasteiger partial charge in [-0.25, -0.2) is 0 Å². The van der Waals surface area contributed by atoms with Crippen molar-refractivity contribution in [3.63, 3.8) is 0 Å². The van der Waals surface area contributed by atoms with E-state index in [2.05, 4.69) is 31.3 Å².